The van der Waals surface area contributed by atoms with Crippen molar-refractivity contribution in [1.82, 2.24) is 0 Å². The second-order valence-corrected chi connectivity index (χ2v) is 7.69. The zero-order valence-corrected chi connectivity index (χ0v) is 18.4. The summed E-state index contributed by atoms with van der Waals surface area (Å²) in [6, 6.07) is 0. The molecule has 0 unspecified atom stereocenters. The highest BCUT2D eigenvalue weighted by atomic mass is 19.4. The van der Waals surface area contributed by atoms with Crippen LogP contribution in [0.15, 0.2) is 0 Å². The van der Waals surface area contributed by atoms with Gasteiger partial charge in [-0.3, -0.25) is 9.59 Å². The lowest BCUT2D eigenvalue weighted by molar-refractivity contribution is -0.359. The van der Waals surface area contributed by atoms with E-state index in [2.05, 4.69) is 11.7 Å². The molecule has 0 N–H and O–H groups in total. The van der Waals surface area contributed by atoms with Crippen molar-refractivity contribution < 1.29 is 49.8 Å². The number of hydrogen-bond acceptors (Lipinski definition) is 4. The van der Waals surface area contributed by atoms with Crippen LogP contribution < -0.4 is 0 Å². The molecule has 0 aliphatic carbocycles. The second kappa shape index (κ2) is 15.3. The molecule has 32 heavy (non-hydrogen) atoms. The summed E-state index contributed by atoms with van der Waals surface area (Å²) >= 11 is 0. The Balaban J connectivity index is 3.79. The summed E-state index contributed by atoms with van der Waals surface area (Å²) in [5.74, 6) is -14.3. The molecule has 11 heteroatoms. The molecule has 0 aromatic rings. The van der Waals surface area contributed by atoms with E-state index in [0.29, 0.717) is 6.42 Å². The van der Waals surface area contributed by atoms with Crippen LogP contribution in [0.3, 0.4) is 0 Å². The molecule has 0 spiro atoms. The van der Waals surface area contributed by atoms with E-state index in [1.165, 1.54) is 38.5 Å². The lowest BCUT2D eigenvalue weighted by Gasteiger charge is -2.27. The number of ether oxygens (including phenoxy) is 2. The number of unbranched alkanes of at least 4 members (excludes halogenated alkanes) is 10. The van der Waals surface area contributed by atoms with Gasteiger partial charge in [0.05, 0.1) is 19.4 Å². The Bertz CT molecular complexity index is 537. The lowest BCUT2D eigenvalue weighted by atomic mass is 10.1. The number of rotatable bonds is 18. The van der Waals surface area contributed by atoms with Crippen LogP contribution in [-0.2, 0) is 19.1 Å². The molecule has 0 bridgehead atoms. The summed E-state index contributed by atoms with van der Waals surface area (Å²) in [5, 5.41) is 0. The molecule has 0 amide bonds. The average molecular weight is 482 g/mol. The number of carbonyl (C=O) groups is 2. The monoisotopic (exact) mass is 482 g/mol. The van der Waals surface area contributed by atoms with E-state index in [4.69, 9.17) is 4.74 Å². The molecule has 0 atom stereocenters. The van der Waals surface area contributed by atoms with Crippen LogP contribution in [0.1, 0.15) is 90.4 Å². The van der Waals surface area contributed by atoms with E-state index in [9.17, 15) is 40.3 Å². The molecule has 4 nitrogen and oxygen atoms in total. The normalized spacial score (nSPS) is 12.6. The summed E-state index contributed by atoms with van der Waals surface area (Å²) in [6.07, 6.45) is 4.36. The summed E-state index contributed by atoms with van der Waals surface area (Å²) in [5.41, 5.74) is 0. The van der Waals surface area contributed by atoms with Crippen LogP contribution in [0.4, 0.5) is 30.7 Å². The Hall–Kier alpha value is -1.55. The molecule has 0 heterocycles. The van der Waals surface area contributed by atoms with E-state index in [0.717, 1.165) is 25.7 Å². The van der Waals surface area contributed by atoms with Crippen molar-refractivity contribution in [2.24, 2.45) is 0 Å². The van der Waals surface area contributed by atoms with E-state index in [-0.39, 0.29) is 6.61 Å². The van der Waals surface area contributed by atoms with E-state index in [1.807, 2.05) is 0 Å². The van der Waals surface area contributed by atoms with Crippen molar-refractivity contribution in [2.75, 3.05) is 13.2 Å². The van der Waals surface area contributed by atoms with Gasteiger partial charge in [0.25, 0.3) is 0 Å². The van der Waals surface area contributed by atoms with Crippen molar-refractivity contribution in [3.63, 3.8) is 0 Å². The predicted octanol–water partition coefficient (Wildman–Crippen LogP) is 7.00. The van der Waals surface area contributed by atoms with Gasteiger partial charge >= 0.3 is 30.0 Å². The Labute approximate surface area is 184 Å². The Morgan fingerprint density at radius 3 is 1.47 bits per heavy atom. The Morgan fingerprint density at radius 2 is 1.03 bits per heavy atom. The molecular formula is C21H33F7O4. The van der Waals surface area contributed by atoms with Crippen LogP contribution in [0.25, 0.3) is 0 Å². The molecule has 0 rings (SSSR count). The third-order valence-corrected chi connectivity index (χ3v) is 4.77. The van der Waals surface area contributed by atoms with Gasteiger partial charge < -0.3 is 9.47 Å². The molecule has 0 aromatic carbocycles. The molecule has 0 aliphatic heterocycles. The van der Waals surface area contributed by atoms with Crippen LogP contribution in [0, 0.1) is 0 Å². The first kappa shape index (κ1) is 30.4. The van der Waals surface area contributed by atoms with Gasteiger partial charge in [-0.1, -0.05) is 71.1 Å². The predicted molar refractivity (Wildman–Crippen MR) is 104 cm³/mol. The van der Waals surface area contributed by atoms with Gasteiger partial charge in [-0.15, -0.1) is 0 Å². The summed E-state index contributed by atoms with van der Waals surface area (Å²) in [7, 11) is 0. The van der Waals surface area contributed by atoms with Crippen LogP contribution in [-0.4, -0.2) is 43.2 Å². The van der Waals surface area contributed by atoms with Gasteiger partial charge in [-0.2, -0.15) is 30.7 Å². The molecule has 0 fully saturated rings. The maximum atomic E-state index is 13.0. The first-order valence-corrected chi connectivity index (χ1v) is 11.0. The smallest absolute Gasteiger partial charge is 0.460 e. The summed E-state index contributed by atoms with van der Waals surface area (Å²) < 4.78 is 96.0. The first-order chi connectivity index (χ1) is 14.8. The number of halogens is 7. The highest BCUT2D eigenvalue weighted by molar-refractivity contribution is 5.77. The van der Waals surface area contributed by atoms with E-state index >= 15 is 0 Å². The minimum absolute atomic E-state index is 0.112. The Kier molecular flexibility index (Phi) is 14.6. The minimum Gasteiger partial charge on any atom is -0.466 e. The minimum atomic E-state index is -6.50. The van der Waals surface area contributed by atoms with Crippen molar-refractivity contribution in [2.45, 2.75) is 108 Å². The van der Waals surface area contributed by atoms with Crippen molar-refractivity contribution in [3.05, 3.63) is 0 Å². The highest BCUT2D eigenvalue weighted by Crippen LogP contribution is 2.46. The molecule has 190 valence electrons. The summed E-state index contributed by atoms with van der Waals surface area (Å²) in [6.45, 7) is -0.167. The molecule has 0 radical (unpaired) electrons. The summed E-state index contributed by atoms with van der Waals surface area (Å²) in [4.78, 5) is 22.7. The highest BCUT2D eigenvalue weighted by Gasteiger charge is 2.73. The van der Waals surface area contributed by atoms with Gasteiger partial charge in [0.2, 0.25) is 0 Å². The maximum absolute atomic E-state index is 13.0. The SMILES string of the molecule is CCCCCCCCCCCCCOC(=O)CCC(=O)OCC(F)(F)C(F)(F)C(F)(F)F. The quantitative estimate of drug-likeness (QED) is 0.120. The lowest BCUT2D eigenvalue weighted by Crippen LogP contribution is -2.54. The fourth-order valence-corrected chi connectivity index (χ4v) is 2.77. The topological polar surface area (TPSA) is 52.6 Å². The molecule has 0 aromatic heterocycles. The van der Waals surface area contributed by atoms with Crippen molar-refractivity contribution in [1.29, 1.82) is 0 Å². The number of hydrogen-bond donors (Lipinski definition) is 0. The zero-order valence-electron chi connectivity index (χ0n) is 18.4. The van der Waals surface area contributed by atoms with Gasteiger partial charge in [0.1, 0.15) is 0 Å². The van der Waals surface area contributed by atoms with Crippen molar-refractivity contribution >= 4 is 11.9 Å². The van der Waals surface area contributed by atoms with Crippen LogP contribution in [0.5, 0.6) is 0 Å². The Morgan fingerprint density at radius 1 is 0.625 bits per heavy atom. The molecular weight excluding hydrogens is 449 g/mol. The first-order valence-electron chi connectivity index (χ1n) is 11.0. The average Bonchev–Trinajstić information content (AvgIpc) is 2.70. The number of esters is 2. The zero-order chi connectivity index (χ0) is 24.7. The third-order valence-electron chi connectivity index (χ3n) is 4.77. The molecule has 0 saturated carbocycles. The van der Waals surface area contributed by atoms with Gasteiger partial charge in [0.15, 0.2) is 6.61 Å². The van der Waals surface area contributed by atoms with Gasteiger partial charge in [-0.05, 0) is 6.42 Å². The maximum Gasteiger partial charge on any atom is 0.460 e. The fraction of sp³-hybridized carbons (Fsp3) is 0.905. The third kappa shape index (κ3) is 12.5. The largest absolute Gasteiger partial charge is 0.466 e. The van der Waals surface area contributed by atoms with Crippen LogP contribution >= 0.6 is 0 Å². The number of carbonyl (C=O) groups excluding carboxylic acids is 2. The van der Waals surface area contributed by atoms with Crippen molar-refractivity contribution in [3.8, 4) is 0 Å². The van der Waals surface area contributed by atoms with E-state index in [1.54, 1.807) is 0 Å². The molecule has 0 aliphatic rings. The fourth-order valence-electron chi connectivity index (χ4n) is 2.77. The van der Waals surface area contributed by atoms with E-state index < -0.39 is 49.4 Å². The number of alkyl halides is 7. The molecule has 0 saturated heterocycles. The second-order valence-electron chi connectivity index (χ2n) is 7.69. The van der Waals surface area contributed by atoms with Crippen LogP contribution in [0.2, 0.25) is 0 Å². The standard InChI is InChI=1S/C21H33F7O4/c1-2-3-4-5-6-7-8-9-10-11-12-15-31-17(29)13-14-18(30)32-16-19(22,23)20(24,25)21(26,27)28/h2-16H2,1H3. The van der Waals surface area contributed by atoms with Gasteiger partial charge in [0, 0.05) is 0 Å². The van der Waals surface area contributed by atoms with Gasteiger partial charge in [-0.25, -0.2) is 0 Å².